The number of carbonyl (C=O) groups excluding carboxylic acids is 1. The van der Waals surface area contributed by atoms with Crippen LogP contribution in [0.3, 0.4) is 0 Å². The Balaban J connectivity index is 2.09. The van der Waals surface area contributed by atoms with Crippen LogP contribution in [0.1, 0.15) is 29.2 Å². The van der Waals surface area contributed by atoms with Gasteiger partial charge in [0, 0.05) is 5.69 Å². The molecule has 116 valence electrons. The highest BCUT2D eigenvalue weighted by molar-refractivity contribution is 5.95. The van der Waals surface area contributed by atoms with Crippen molar-refractivity contribution >= 4 is 11.6 Å². The summed E-state index contributed by atoms with van der Waals surface area (Å²) in [7, 11) is 0. The SMILES string of the molecule is Cc1cccc(OC(C)C(=O)Nc2c(C)cc(C)cc2C)c1. The maximum absolute atomic E-state index is 12.4. The van der Waals surface area contributed by atoms with E-state index < -0.39 is 6.10 Å². The Kier molecular flexibility index (Phi) is 4.86. The van der Waals surface area contributed by atoms with E-state index in [1.165, 1.54) is 5.56 Å². The molecule has 0 heterocycles. The Hall–Kier alpha value is -2.29. The molecule has 0 aliphatic heterocycles. The molecule has 0 spiro atoms. The van der Waals surface area contributed by atoms with Crippen LogP contribution in [0.25, 0.3) is 0 Å². The number of anilines is 1. The number of rotatable bonds is 4. The molecule has 3 heteroatoms. The molecule has 1 N–H and O–H groups in total. The Morgan fingerprint density at radius 1 is 1.00 bits per heavy atom. The van der Waals surface area contributed by atoms with Gasteiger partial charge < -0.3 is 10.1 Å². The summed E-state index contributed by atoms with van der Waals surface area (Å²) in [6.07, 6.45) is -0.554. The van der Waals surface area contributed by atoms with Gasteiger partial charge in [0.15, 0.2) is 6.10 Å². The number of nitrogens with one attached hydrogen (secondary N) is 1. The second-order valence-corrected chi connectivity index (χ2v) is 5.84. The van der Waals surface area contributed by atoms with Gasteiger partial charge in [0.2, 0.25) is 0 Å². The van der Waals surface area contributed by atoms with E-state index in [4.69, 9.17) is 4.74 Å². The lowest BCUT2D eigenvalue weighted by atomic mass is 10.0. The molecule has 0 radical (unpaired) electrons. The molecule has 0 aromatic heterocycles. The predicted molar refractivity (Wildman–Crippen MR) is 90.6 cm³/mol. The van der Waals surface area contributed by atoms with Crippen molar-refractivity contribution in [2.45, 2.75) is 40.7 Å². The van der Waals surface area contributed by atoms with E-state index in [0.29, 0.717) is 5.75 Å². The number of amides is 1. The molecule has 0 aliphatic rings. The van der Waals surface area contributed by atoms with E-state index in [2.05, 4.69) is 24.4 Å². The number of hydrogen-bond donors (Lipinski definition) is 1. The van der Waals surface area contributed by atoms with Crippen LogP contribution in [-0.2, 0) is 4.79 Å². The lowest BCUT2D eigenvalue weighted by Crippen LogP contribution is -2.30. The first-order valence-electron chi connectivity index (χ1n) is 7.49. The first-order chi connectivity index (χ1) is 10.4. The Morgan fingerprint density at radius 2 is 1.64 bits per heavy atom. The third-order valence-corrected chi connectivity index (χ3v) is 3.60. The predicted octanol–water partition coefficient (Wildman–Crippen LogP) is 4.33. The lowest BCUT2D eigenvalue weighted by Gasteiger charge is -2.17. The van der Waals surface area contributed by atoms with E-state index in [-0.39, 0.29) is 5.91 Å². The summed E-state index contributed by atoms with van der Waals surface area (Å²) in [6, 6.07) is 11.8. The molecule has 1 atom stereocenters. The molecule has 0 saturated heterocycles. The van der Waals surface area contributed by atoms with Crippen molar-refractivity contribution in [3.05, 3.63) is 58.7 Å². The van der Waals surface area contributed by atoms with E-state index >= 15 is 0 Å². The minimum absolute atomic E-state index is 0.142. The molecule has 2 aromatic rings. The van der Waals surface area contributed by atoms with Crippen LogP contribution in [-0.4, -0.2) is 12.0 Å². The molecule has 22 heavy (non-hydrogen) atoms. The normalized spacial score (nSPS) is 11.9. The molecule has 0 aliphatic carbocycles. The smallest absolute Gasteiger partial charge is 0.265 e. The number of carbonyl (C=O) groups is 1. The van der Waals surface area contributed by atoms with Crippen LogP contribution >= 0.6 is 0 Å². The zero-order valence-corrected chi connectivity index (χ0v) is 13.9. The summed E-state index contributed by atoms with van der Waals surface area (Å²) in [5.74, 6) is 0.566. The highest BCUT2D eigenvalue weighted by Crippen LogP contribution is 2.22. The molecule has 2 aromatic carbocycles. The molecular formula is C19H23NO2. The third-order valence-electron chi connectivity index (χ3n) is 3.60. The molecule has 0 fully saturated rings. The standard InChI is InChI=1S/C19H23NO2/c1-12-7-6-8-17(11-12)22-16(5)19(21)20-18-14(3)9-13(2)10-15(18)4/h6-11,16H,1-5H3,(H,20,21). The third kappa shape index (κ3) is 3.88. The first kappa shape index (κ1) is 16.1. The summed E-state index contributed by atoms with van der Waals surface area (Å²) in [5, 5.41) is 2.98. The quantitative estimate of drug-likeness (QED) is 0.912. The van der Waals surface area contributed by atoms with Crippen LogP contribution in [0.4, 0.5) is 5.69 Å². The number of ether oxygens (including phenoxy) is 1. The maximum atomic E-state index is 12.4. The summed E-state index contributed by atoms with van der Waals surface area (Å²) < 4.78 is 5.72. The average Bonchev–Trinajstić information content (AvgIpc) is 2.42. The zero-order valence-electron chi connectivity index (χ0n) is 13.9. The van der Waals surface area contributed by atoms with Gasteiger partial charge >= 0.3 is 0 Å². The fraction of sp³-hybridized carbons (Fsp3) is 0.316. The molecule has 2 rings (SSSR count). The zero-order chi connectivity index (χ0) is 16.3. The van der Waals surface area contributed by atoms with E-state index in [0.717, 1.165) is 22.4 Å². The molecule has 1 unspecified atom stereocenters. The number of hydrogen-bond acceptors (Lipinski definition) is 2. The number of aryl methyl sites for hydroxylation is 4. The fourth-order valence-corrected chi connectivity index (χ4v) is 2.55. The van der Waals surface area contributed by atoms with E-state index in [1.807, 2.05) is 45.0 Å². The Morgan fingerprint density at radius 3 is 2.23 bits per heavy atom. The minimum Gasteiger partial charge on any atom is -0.481 e. The van der Waals surface area contributed by atoms with Gasteiger partial charge in [-0.15, -0.1) is 0 Å². The van der Waals surface area contributed by atoms with Crippen molar-refractivity contribution in [1.82, 2.24) is 0 Å². The van der Waals surface area contributed by atoms with Crippen LogP contribution in [0, 0.1) is 27.7 Å². The second kappa shape index (κ2) is 6.65. The summed E-state index contributed by atoms with van der Waals surface area (Å²) >= 11 is 0. The topological polar surface area (TPSA) is 38.3 Å². The van der Waals surface area contributed by atoms with Gasteiger partial charge in [-0.25, -0.2) is 0 Å². The van der Waals surface area contributed by atoms with Gasteiger partial charge in [0.1, 0.15) is 5.75 Å². The van der Waals surface area contributed by atoms with Crippen molar-refractivity contribution in [3.63, 3.8) is 0 Å². The lowest BCUT2D eigenvalue weighted by molar-refractivity contribution is -0.122. The number of benzene rings is 2. The van der Waals surface area contributed by atoms with Crippen LogP contribution in [0.5, 0.6) is 5.75 Å². The van der Waals surface area contributed by atoms with Crippen molar-refractivity contribution in [2.75, 3.05) is 5.32 Å². The van der Waals surface area contributed by atoms with Crippen LogP contribution in [0.15, 0.2) is 36.4 Å². The van der Waals surface area contributed by atoms with Gasteiger partial charge in [-0.1, -0.05) is 29.8 Å². The Labute approximate surface area is 132 Å². The highest BCUT2D eigenvalue weighted by atomic mass is 16.5. The van der Waals surface area contributed by atoms with Crippen LogP contribution in [0.2, 0.25) is 0 Å². The monoisotopic (exact) mass is 297 g/mol. The summed E-state index contributed by atoms with van der Waals surface area (Å²) in [6.45, 7) is 9.81. The van der Waals surface area contributed by atoms with E-state index in [1.54, 1.807) is 6.92 Å². The minimum atomic E-state index is -0.554. The van der Waals surface area contributed by atoms with Crippen molar-refractivity contribution < 1.29 is 9.53 Å². The van der Waals surface area contributed by atoms with Crippen molar-refractivity contribution in [1.29, 1.82) is 0 Å². The van der Waals surface area contributed by atoms with Crippen LogP contribution < -0.4 is 10.1 Å². The second-order valence-electron chi connectivity index (χ2n) is 5.84. The maximum Gasteiger partial charge on any atom is 0.265 e. The molecular weight excluding hydrogens is 274 g/mol. The van der Waals surface area contributed by atoms with E-state index in [9.17, 15) is 4.79 Å². The van der Waals surface area contributed by atoms with Gasteiger partial charge in [-0.3, -0.25) is 4.79 Å². The first-order valence-corrected chi connectivity index (χ1v) is 7.49. The molecule has 0 bridgehead atoms. The molecule has 3 nitrogen and oxygen atoms in total. The molecule has 0 saturated carbocycles. The van der Waals surface area contributed by atoms with Crippen molar-refractivity contribution in [3.8, 4) is 5.75 Å². The van der Waals surface area contributed by atoms with Gasteiger partial charge in [0.05, 0.1) is 0 Å². The average molecular weight is 297 g/mol. The van der Waals surface area contributed by atoms with Gasteiger partial charge in [-0.2, -0.15) is 0 Å². The fourth-order valence-electron chi connectivity index (χ4n) is 2.55. The van der Waals surface area contributed by atoms with Crippen molar-refractivity contribution in [2.24, 2.45) is 0 Å². The highest BCUT2D eigenvalue weighted by Gasteiger charge is 2.17. The largest absolute Gasteiger partial charge is 0.481 e. The van der Waals surface area contributed by atoms with Gasteiger partial charge in [0.25, 0.3) is 5.91 Å². The Bertz CT molecular complexity index is 669. The summed E-state index contributed by atoms with van der Waals surface area (Å²) in [5.41, 5.74) is 5.30. The molecule has 1 amide bonds. The van der Waals surface area contributed by atoms with Gasteiger partial charge in [-0.05, 0) is 63.4 Å². The summed E-state index contributed by atoms with van der Waals surface area (Å²) in [4.78, 5) is 12.4.